The van der Waals surface area contributed by atoms with Crippen molar-refractivity contribution in [3.63, 3.8) is 0 Å². The quantitative estimate of drug-likeness (QED) is 0.316. The topological polar surface area (TPSA) is 27.0 Å². The Labute approximate surface area is 47.9 Å². The summed E-state index contributed by atoms with van der Waals surface area (Å²) in [5.74, 6) is 0. The normalized spacial score (nSPS) is 17.5. The zero-order chi connectivity index (χ0) is 6.78. The predicted molar refractivity (Wildman–Crippen MR) is 19.4 cm³/mol. The zero-order valence-corrected chi connectivity index (χ0v) is 4.16. The van der Waals surface area contributed by atoms with Crippen LogP contribution in [0.1, 0.15) is 0 Å². The van der Waals surface area contributed by atoms with Gasteiger partial charge in [0.1, 0.15) is 6.07 Å². The Morgan fingerprint density at radius 3 is 2.00 bits per heavy atom. The van der Waals surface area contributed by atoms with Crippen LogP contribution in [0.4, 0.5) is 13.4 Å². The van der Waals surface area contributed by atoms with Crippen LogP contribution in [0.3, 0.4) is 0 Å². The van der Waals surface area contributed by atoms with Crippen LogP contribution >= 0.6 is 11.6 Å². The van der Waals surface area contributed by atoms with Crippen LogP contribution in [0.25, 0.3) is 0 Å². The van der Waals surface area contributed by atoms with Gasteiger partial charge >= 0.3 is 5.25 Å². The van der Waals surface area contributed by atoms with E-state index in [-0.39, 0.29) is 0 Å². The van der Waals surface area contributed by atoms with E-state index in [9.17, 15) is 13.4 Å². The number of nitrogens with zero attached hydrogens (tertiary/aromatic N) is 2. The molecule has 2 nitrogen and oxygen atoms in total. The van der Waals surface area contributed by atoms with E-state index in [1.807, 2.05) is 0 Å². The summed E-state index contributed by atoms with van der Waals surface area (Å²) in [5.41, 5.74) is 0. The van der Waals surface area contributed by atoms with Crippen molar-refractivity contribution in [2.45, 2.75) is 5.25 Å². The molecule has 0 rings (SSSR count). The molecule has 0 N–H and O–H groups in total. The van der Waals surface area contributed by atoms with Crippen molar-refractivity contribution in [2.24, 2.45) is 0 Å². The number of hydrogen-bond acceptors (Lipinski definition) is 2. The summed E-state index contributed by atoms with van der Waals surface area (Å²) in [4.78, 5) is 0. The Morgan fingerprint density at radius 1 is 1.62 bits per heavy atom. The van der Waals surface area contributed by atoms with E-state index in [1.54, 1.807) is 0 Å². The van der Waals surface area contributed by atoms with E-state index < -0.39 is 10.6 Å². The molecule has 46 valence electrons. The standard InChI is InChI=1S/C2ClF3N2/c3-2(4,1-7)8(5)6. The third kappa shape index (κ3) is 1.56. The van der Waals surface area contributed by atoms with Crippen LogP contribution in [-0.4, -0.2) is 10.6 Å². The van der Waals surface area contributed by atoms with Crippen molar-refractivity contribution in [1.29, 1.82) is 5.26 Å². The summed E-state index contributed by atoms with van der Waals surface area (Å²) in [6.45, 7) is 0. The number of hydrogen-bond donors (Lipinski definition) is 0. The van der Waals surface area contributed by atoms with Gasteiger partial charge in [0.2, 0.25) is 0 Å². The van der Waals surface area contributed by atoms with Crippen molar-refractivity contribution in [3.8, 4) is 6.07 Å². The predicted octanol–water partition coefficient (Wildman–Crippen LogP) is 1.44. The smallest absolute Gasteiger partial charge is 0.192 e. The SMILES string of the molecule is N#CC(F)(Cl)N(F)F. The first-order valence-electron chi connectivity index (χ1n) is 1.41. The van der Waals surface area contributed by atoms with Gasteiger partial charge in [-0.15, -0.1) is 0 Å². The molecule has 0 aromatic rings. The molecule has 0 bridgehead atoms. The molecule has 0 radical (unpaired) electrons. The summed E-state index contributed by atoms with van der Waals surface area (Å²) < 4.78 is 33.4. The number of halogens is 4. The highest BCUT2D eigenvalue weighted by molar-refractivity contribution is 6.24. The first kappa shape index (κ1) is 7.53. The minimum absolute atomic E-state index is 0.515. The van der Waals surface area contributed by atoms with E-state index in [4.69, 9.17) is 5.26 Å². The third-order valence-electron chi connectivity index (χ3n) is 0.347. The van der Waals surface area contributed by atoms with E-state index in [2.05, 4.69) is 11.6 Å². The van der Waals surface area contributed by atoms with Gasteiger partial charge in [-0.2, -0.15) is 9.65 Å². The molecule has 0 saturated carbocycles. The van der Waals surface area contributed by atoms with Gasteiger partial charge in [0.25, 0.3) is 0 Å². The summed E-state index contributed by atoms with van der Waals surface area (Å²) in [5, 5.41) is 1.79. The van der Waals surface area contributed by atoms with Crippen LogP contribution in [-0.2, 0) is 0 Å². The van der Waals surface area contributed by atoms with Crippen LogP contribution in [0.5, 0.6) is 0 Å². The van der Waals surface area contributed by atoms with Gasteiger partial charge in [-0.3, -0.25) is 0 Å². The monoisotopic (exact) mass is 144 g/mol. The van der Waals surface area contributed by atoms with Crippen molar-refractivity contribution in [1.82, 2.24) is 5.34 Å². The summed E-state index contributed by atoms with van der Waals surface area (Å²) in [6, 6.07) is 0.515. The molecular weight excluding hydrogens is 144 g/mol. The fourth-order valence-corrected chi connectivity index (χ4v) is 0.0378. The molecule has 0 aliphatic carbocycles. The molecule has 0 heterocycles. The number of alkyl halides is 2. The van der Waals surface area contributed by atoms with Gasteiger partial charge in [0.05, 0.1) is 5.34 Å². The lowest BCUT2D eigenvalue weighted by atomic mass is 10.7. The molecule has 1 unspecified atom stereocenters. The molecule has 0 amide bonds. The van der Waals surface area contributed by atoms with Gasteiger partial charge in [-0.05, 0) is 11.6 Å². The Hall–Kier alpha value is -0.470. The number of nitriles is 1. The average Bonchev–Trinajstić information content (AvgIpc) is 1.67. The molecule has 0 aliphatic heterocycles. The molecule has 0 saturated heterocycles. The minimum atomic E-state index is -3.68. The minimum Gasteiger partial charge on any atom is -0.192 e. The highest BCUT2D eigenvalue weighted by Gasteiger charge is 2.36. The van der Waals surface area contributed by atoms with E-state index in [1.165, 1.54) is 0 Å². The van der Waals surface area contributed by atoms with Crippen LogP contribution in [0.2, 0.25) is 0 Å². The fourth-order valence-electron chi connectivity index (χ4n) is 0.0378. The van der Waals surface area contributed by atoms with Gasteiger partial charge in [-0.1, -0.05) is 8.96 Å². The Balaban J connectivity index is 3.97. The molecule has 6 heteroatoms. The molecular formula is C2ClF3N2. The maximum Gasteiger partial charge on any atom is 0.379 e. The molecule has 0 aromatic heterocycles. The van der Waals surface area contributed by atoms with E-state index >= 15 is 0 Å². The van der Waals surface area contributed by atoms with Gasteiger partial charge in [0, 0.05) is 0 Å². The lowest BCUT2D eigenvalue weighted by Gasteiger charge is -2.05. The third-order valence-corrected chi connectivity index (χ3v) is 0.559. The van der Waals surface area contributed by atoms with Gasteiger partial charge in [-0.25, -0.2) is 0 Å². The first-order valence-corrected chi connectivity index (χ1v) is 1.79. The lowest BCUT2D eigenvalue weighted by molar-refractivity contribution is -0.222. The summed E-state index contributed by atoms with van der Waals surface area (Å²) in [7, 11) is 0. The molecule has 1 atom stereocenters. The zero-order valence-electron chi connectivity index (χ0n) is 3.41. The van der Waals surface area contributed by atoms with Crippen molar-refractivity contribution < 1.29 is 13.4 Å². The van der Waals surface area contributed by atoms with Gasteiger partial charge < -0.3 is 0 Å². The van der Waals surface area contributed by atoms with E-state index in [0.717, 1.165) is 0 Å². The Morgan fingerprint density at radius 2 is 2.00 bits per heavy atom. The Bertz CT molecular complexity index is 117. The van der Waals surface area contributed by atoms with Gasteiger partial charge in [0.15, 0.2) is 0 Å². The number of rotatable bonds is 1. The first-order chi connectivity index (χ1) is 3.50. The second-order valence-electron chi connectivity index (χ2n) is 0.886. The summed E-state index contributed by atoms with van der Waals surface area (Å²) >= 11 is 4.20. The van der Waals surface area contributed by atoms with Crippen molar-refractivity contribution in [3.05, 3.63) is 0 Å². The van der Waals surface area contributed by atoms with E-state index in [0.29, 0.717) is 6.07 Å². The average molecular weight is 144 g/mol. The van der Waals surface area contributed by atoms with Crippen LogP contribution in [0, 0.1) is 11.3 Å². The largest absolute Gasteiger partial charge is 0.379 e. The van der Waals surface area contributed by atoms with Crippen LogP contribution < -0.4 is 0 Å². The maximum atomic E-state index is 11.5. The molecule has 0 spiro atoms. The second kappa shape index (κ2) is 2.20. The molecule has 0 aliphatic rings. The van der Waals surface area contributed by atoms with Crippen LogP contribution in [0.15, 0.2) is 0 Å². The molecule has 8 heavy (non-hydrogen) atoms. The van der Waals surface area contributed by atoms with Crippen molar-refractivity contribution in [2.75, 3.05) is 0 Å². The molecule has 0 aromatic carbocycles. The lowest BCUT2D eigenvalue weighted by Crippen LogP contribution is -2.24. The Kier molecular flexibility index (Phi) is 2.07. The maximum absolute atomic E-state index is 11.5. The second-order valence-corrected chi connectivity index (χ2v) is 1.39. The van der Waals surface area contributed by atoms with Crippen molar-refractivity contribution >= 4 is 11.6 Å². The highest BCUT2D eigenvalue weighted by atomic mass is 35.5. The highest BCUT2D eigenvalue weighted by Crippen LogP contribution is 2.21. The summed E-state index contributed by atoms with van der Waals surface area (Å²) in [6.07, 6.45) is 0. The molecule has 0 fully saturated rings. The fraction of sp³-hybridized carbons (Fsp3) is 0.500.